The first-order valence-corrected chi connectivity index (χ1v) is 7.51. The van der Waals surface area contributed by atoms with Crippen LogP contribution in [0.5, 0.6) is 0 Å². The molecule has 2 atom stereocenters. The molecule has 0 amide bonds. The van der Waals surface area contributed by atoms with Crippen LogP contribution in [0.1, 0.15) is 28.5 Å². The first-order valence-electron chi connectivity index (χ1n) is 7.13. The predicted octanol–water partition coefficient (Wildman–Crippen LogP) is 2.60. The monoisotopic (exact) mass is 306 g/mol. The van der Waals surface area contributed by atoms with Gasteiger partial charge < -0.3 is 9.84 Å². The summed E-state index contributed by atoms with van der Waals surface area (Å²) in [7, 11) is 1.80. The maximum Gasteiger partial charge on any atom is 0.130 e. The summed E-state index contributed by atoms with van der Waals surface area (Å²) >= 11 is 6.25. The zero-order chi connectivity index (χ0) is 15.0. The molecule has 1 aromatic carbocycles. The van der Waals surface area contributed by atoms with Gasteiger partial charge in [-0.1, -0.05) is 35.9 Å². The molecule has 1 aliphatic heterocycles. The predicted molar refractivity (Wildman–Crippen MR) is 81.5 cm³/mol. The smallest absolute Gasteiger partial charge is 0.130 e. The fraction of sp³-hybridized carbons (Fsp3) is 0.438. The van der Waals surface area contributed by atoms with Gasteiger partial charge in [0, 0.05) is 19.0 Å². The van der Waals surface area contributed by atoms with Crippen LogP contribution in [0.3, 0.4) is 0 Å². The molecule has 112 valence electrons. The van der Waals surface area contributed by atoms with Crippen molar-refractivity contribution in [1.29, 1.82) is 0 Å². The number of benzene rings is 1. The molecule has 0 bridgehead atoms. The Hall–Kier alpha value is -1.36. The number of hydrogen-bond acceptors (Lipinski definition) is 3. The molecular formula is C16H19ClN2O2. The number of aliphatic hydroxyl groups excluding tert-OH is 1. The number of ether oxygens (including phenoxy) is 1. The van der Waals surface area contributed by atoms with Gasteiger partial charge in [0.2, 0.25) is 0 Å². The van der Waals surface area contributed by atoms with E-state index < -0.39 is 6.10 Å². The zero-order valence-corrected chi connectivity index (χ0v) is 13.0. The molecule has 0 fully saturated rings. The Morgan fingerprint density at radius 1 is 1.48 bits per heavy atom. The maximum atomic E-state index is 10.6. The number of halogens is 1. The normalized spacial score (nSPS) is 19.3. The van der Waals surface area contributed by atoms with Gasteiger partial charge in [-0.15, -0.1) is 0 Å². The minimum Gasteiger partial charge on any atom is -0.390 e. The maximum absolute atomic E-state index is 10.6. The van der Waals surface area contributed by atoms with E-state index in [4.69, 9.17) is 16.3 Å². The van der Waals surface area contributed by atoms with Crippen molar-refractivity contribution < 1.29 is 9.84 Å². The number of nitrogens with zero attached hydrogens (tertiary/aromatic N) is 2. The van der Waals surface area contributed by atoms with Crippen molar-refractivity contribution in [3.8, 4) is 0 Å². The van der Waals surface area contributed by atoms with Crippen LogP contribution in [0.15, 0.2) is 24.3 Å². The molecule has 5 heteroatoms. The summed E-state index contributed by atoms with van der Waals surface area (Å²) < 4.78 is 7.44. The van der Waals surface area contributed by atoms with Gasteiger partial charge in [-0.05, 0) is 24.5 Å². The van der Waals surface area contributed by atoms with E-state index in [9.17, 15) is 5.11 Å². The van der Waals surface area contributed by atoms with Crippen LogP contribution < -0.4 is 0 Å². The second kappa shape index (κ2) is 5.79. The number of aryl methyl sites for hydroxylation is 2. The second-order valence-electron chi connectivity index (χ2n) is 5.49. The van der Waals surface area contributed by atoms with E-state index in [1.165, 1.54) is 5.56 Å². The molecule has 2 heterocycles. The first-order chi connectivity index (χ1) is 10.1. The van der Waals surface area contributed by atoms with E-state index in [2.05, 4.69) is 11.2 Å². The largest absolute Gasteiger partial charge is 0.390 e. The molecule has 2 aromatic rings. The van der Waals surface area contributed by atoms with Crippen LogP contribution in [-0.4, -0.2) is 27.6 Å². The van der Waals surface area contributed by atoms with Gasteiger partial charge in [0.1, 0.15) is 11.3 Å². The Morgan fingerprint density at radius 3 is 2.95 bits per heavy atom. The van der Waals surface area contributed by atoms with Crippen LogP contribution in [0.4, 0.5) is 0 Å². The summed E-state index contributed by atoms with van der Waals surface area (Å²) in [4.78, 5) is 0. The van der Waals surface area contributed by atoms with E-state index in [-0.39, 0.29) is 6.10 Å². The molecule has 0 saturated carbocycles. The third kappa shape index (κ3) is 2.71. The van der Waals surface area contributed by atoms with Crippen molar-refractivity contribution in [2.45, 2.75) is 32.0 Å². The van der Waals surface area contributed by atoms with Crippen molar-refractivity contribution >= 4 is 11.6 Å². The van der Waals surface area contributed by atoms with Crippen molar-refractivity contribution in [2.75, 3.05) is 6.61 Å². The molecule has 1 N–H and O–H groups in total. The topological polar surface area (TPSA) is 47.3 Å². The summed E-state index contributed by atoms with van der Waals surface area (Å²) in [5.41, 5.74) is 4.07. The summed E-state index contributed by atoms with van der Waals surface area (Å²) in [5, 5.41) is 15.5. The van der Waals surface area contributed by atoms with Gasteiger partial charge in [-0.2, -0.15) is 5.10 Å². The highest BCUT2D eigenvalue weighted by Crippen LogP contribution is 2.32. The van der Waals surface area contributed by atoms with Crippen LogP contribution in [-0.2, 0) is 24.6 Å². The lowest BCUT2D eigenvalue weighted by molar-refractivity contribution is -0.0461. The van der Waals surface area contributed by atoms with Gasteiger partial charge in [-0.25, -0.2) is 0 Å². The molecule has 4 nitrogen and oxygen atoms in total. The van der Waals surface area contributed by atoms with Crippen molar-refractivity contribution in [3.05, 3.63) is 51.8 Å². The van der Waals surface area contributed by atoms with Gasteiger partial charge in [0.15, 0.2) is 0 Å². The number of hydrogen-bond donors (Lipinski definition) is 1. The third-order valence-corrected chi connectivity index (χ3v) is 4.54. The van der Waals surface area contributed by atoms with E-state index >= 15 is 0 Å². The molecule has 1 aromatic heterocycles. The van der Waals surface area contributed by atoms with Gasteiger partial charge in [0.25, 0.3) is 0 Å². The van der Waals surface area contributed by atoms with Crippen molar-refractivity contribution in [2.24, 2.45) is 7.05 Å². The van der Waals surface area contributed by atoms with E-state index in [0.717, 1.165) is 23.2 Å². The average Bonchev–Trinajstić information content (AvgIpc) is 2.73. The Balaban J connectivity index is 1.85. The lowest BCUT2D eigenvalue weighted by Gasteiger charge is -2.29. The number of aliphatic hydroxyl groups is 1. The van der Waals surface area contributed by atoms with E-state index in [1.807, 2.05) is 25.1 Å². The summed E-state index contributed by atoms with van der Waals surface area (Å²) in [5.74, 6) is 0. The van der Waals surface area contributed by atoms with Crippen LogP contribution in [0.25, 0.3) is 0 Å². The zero-order valence-electron chi connectivity index (χ0n) is 12.2. The Bertz CT molecular complexity index is 654. The molecular weight excluding hydrogens is 288 g/mol. The molecule has 0 radical (unpaired) electrons. The van der Waals surface area contributed by atoms with Crippen molar-refractivity contribution in [3.63, 3.8) is 0 Å². The number of fused-ring (bicyclic) bond motifs is 1. The second-order valence-corrected chi connectivity index (χ2v) is 5.85. The minimum atomic E-state index is -0.633. The molecule has 2 unspecified atom stereocenters. The number of aromatic nitrogens is 2. The summed E-state index contributed by atoms with van der Waals surface area (Å²) in [6.07, 6.45) is 0.404. The van der Waals surface area contributed by atoms with Crippen LogP contribution in [0, 0.1) is 6.92 Å². The molecule has 1 aliphatic rings. The molecule has 3 rings (SSSR count). The summed E-state index contributed by atoms with van der Waals surface area (Å²) in [6.45, 7) is 2.54. The quantitative estimate of drug-likeness (QED) is 0.948. The van der Waals surface area contributed by atoms with E-state index in [1.54, 1.807) is 11.7 Å². The first kappa shape index (κ1) is 14.6. The SMILES string of the molecule is Cc1nn(C)c(Cl)c1CC(O)C1OCCc2ccccc21. The van der Waals surface area contributed by atoms with E-state index in [0.29, 0.717) is 18.2 Å². The fourth-order valence-corrected chi connectivity index (χ4v) is 3.22. The minimum absolute atomic E-state index is 0.300. The Labute approximate surface area is 129 Å². The highest BCUT2D eigenvalue weighted by molar-refractivity contribution is 6.30. The Kier molecular flexibility index (Phi) is 4.02. The highest BCUT2D eigenvalue weighted by atomic mass is 35.5. The third-order valence-electron chi connectivity index (χ3n) is 4.06. The average molecular weight is 307 g/mol. The molecule has 0 aliphatic carbocycles. The van der Waals surface area contributed by atoms with Crippen molar-refractivity contribution in [1.82, 2.24) is 9.78 Å². The standard InChI is InChI=1S/C16H19ClN2O2/c1-10-13(16(17)19(2)18-10)9-14(20)15-12-6-4-3-5-11(12)7-8-21-15/h3-6,14-15,20H,7-9H2,1-2H3. The molecule has 21 heavy (non-hydrogen) atoms. The van der Waals surface area contributed by atoms with Crippen LogP contribution in [0.2, 0.25) is 5.15 Å². The van der Waals surface area contributed by atoms with Crippen LogP contribution >= 0.6 is 11.6 Å². The Morgan fingerprint density at radius 2 is 2.24 bits per heavy atom. The summed E-state index contributed by atoms with van der Waals surface area (Å²) in [6, 6.07) is 8.13. The molecule has 0 saturated heterocycles. The lowest BCUT2D eigenvalue weighted by Crippen LogP contribution is -2.28. The van der Waals surface area contributed by atoms with Gasteiger partial charge in [0.05, 0.1) is 18.4 Å². The fourth-order valence-electron chi connectivity index (χ4n) is 2.97. The highest BCUT2D eigenvalue weighted by Gasteiger charge is 2.29. The molecule has 0 spiro atoms. The van der Waals surface area contributed by atoms with Gasteiger partial charge in [-0.3, -0.25) is 4.68 Å². The lowest BCUT2D eigenvalue weighted by atomic mass is 9.92. The van der Waals surface area contributed by atoms with Gasteiger partial charge >= 0.3 is 0 Å². The number of rotatable bonds is 3.